The second-order valence-electron chi connectivity index (χ2n) is 6.28. The molecule has 0 aliphatic heterocycles. The third-order valence-electron chi connectivity index (χ3n) is 4.45. The van der Waals surface area contributed by atoms with Crippen LogP contribution in [0.25, 0.3) is 0 Å². The van der Waals surface area contributed by atoms with Crippen molar-refractivity contribution in [2.45, 2.75) is 24.3 Å². The number of methoxy groups -OCH3 is 1. The Morgan fingerprint density at radius 1 is 1.17 bits per heavy atom. The molecule has 1 amide bonds. The van der Waals surface area contributed by atoms with Gasteiger partial charge in [-0.05, 0) is 42.0 Å². The Labute approximate surface area is 170 Å². The molecular formula is C20H20F3NO4S. The van der Waals surface area contributed by atoms with E-state index in [0.29, 0.717) is 22.4 Å². The van der Waals surface area contributed by atoms with Crippen LogP contribution in [-0.4, -0.2) is 35.6 Å². The zero-order valence-corrected chi connectivity index (χ0v) is 16.6. The minimum atomic E-state index is -4.45. The van der Waals surface area contributed by atoms with Gasteiger partial charge in [-0.25, -0.2) is 0 Å². The van der Waals surface area contributed by atoms with E-state index in [1.807, 2.05) is 0 Å². The number of alkyl halides is 3. The lowest BCUT2D eigenvalue weighted by Crippen LogP contribution is -2.23. The van der Waals surface area contributed by atoms with E-state index >= 15 is 0 Å². The second-order valence-corrected chi connectivity index (χ2v) is 7.32. The lowest BCUT2D eigenvalue weighted by molar-refractivity contribution is -0.138. The molecule has 2 rings (SSSR count). The zero-order chi connectivity index (χ0) is 21.8. The maximum Gasteiger partial charge on any atom is 0.416 e. The van der Waals surface area contributed by atoms with Crippen molar-refractivity contribution in [3.63, 3.8) is 0 Å². The highest BCUT2D eigenvalue weighted by Gasteiger charge is 2.30. The van der Waals surface area contributed by atoms with Crippen molar-refractivity contribution in [1.82, 2.24) is 0 Å². The molecule has 0 aliphatic carbocycles. The minimum absolute atomic E-state index is 0.0682. The van der Waals surface area contributed by atoms with E-state index in [2.05, 4.69) is 0 Å². The maximum atomic E-state index is 12.8. The molecule has 156 valence electrons. The van der Waals surface area contributed by atoms with Crippen molar-refractivity contribution in [3.05, 3.63) is 64.2 Å². The number of halogens is 3. The fourth-order valence-electron chi connectivity index (χ4n) is 3.01. The SMILES string of the molecule is COc1ccc(CC(SC)C(=O)O)c(C(N)=O)c1Cc1ccc(C(F)(F)F)cc1. The van der Waals surface area contributed by atoms with Crippen LogP contribution >= 0.6 is 11.8 Å². The summed E-state index contributed by atoms with van der Waals surface area (Å²) < 4.78 is 43.6. The highest BCUT2D eigenvalue weighted by molar-refractivity contribution is 7.99. The van der Waals surface area contributed by atoms with Crippen LogP contribution in [0, 0.1) is 0 Å². The van der Waals surface area contributed by atoms with Gasteiger partial charge in [0.2, 0.25) is 5.91 Å². The summed E-state index contributed by atoms with van der Waals surface area (Å²) in [6, 6.07) is 7.75. The standard InChI is InChI=1S/C20H20F3NO4S/c1-28-15-8-5-12(10-16(29-2)19(26)27)17(18(24)25)14(15)9-11-3-6-13(7-4-11)20(21,22)23/h3-8,16H,9-10H2,1-2H3,(H2,24,25)(H,26,27). The van der Waals surface area contributed by atoms with E-state index < -0.39 is 28.9 Å². The number of carbonyl (C=O) groups is 2. The van der Waals surface area contributed by atoms with Crippen molar-refractivity contribution in [2.24, 2.45) is 5.73 Å². The van der Waals surface area contributed by atoms with Gasteiger partial charge in [-0.1, -0.05) is 18.2 Å². The Morgan fingerprint density at radius 2 is 1.79 bits per heavy atom. The van der Waals surface area contributed by atoms with Crippen LogP contribution in [0.2, 0.25) is 0 Å². The Balaban J connectivity index is 2.50. The van der Waals surface area contributed by atoms with Crippen LogP contribution in [0.5, 0.6) is 5.75 Å². The fraction of sp³-hybridized carbons (Fsp3) is 0.300. The van der Waals surface area contributed by atoms with Crippen molar-refractivity contribution < 1.29 is 32.6 Å². The van der Waals surface area contributed by atoms with Gasteiger partial charge < -0.3 is 15.6 Å². The van der Waals surface area contributed by atoms with Crippen LogP contribution in [0.4, 0.5) is 13.2 Å². The molecule has 3 N–H and O–H groups in total. The highest BCUT2D eigenvalue weighted by Crippen LogP contribution is 2.32. The first kappa shape index (κ1) is 22.6. The van der Waals surface area contributed by atoms with E-state index in [9.17, 15) is 27.9 Å². The number of carboxylic acid groups (broad SMARTS) is 1. The van der Waals surface area contributed by atoms with Gasteiger partial charge in [0.25, 0.3) is 0 Å². The number of thioether (sulfide) groups is 1. The number of aliphatic carboxylic acids is 1. The van der Waals surface area contributed by atoms with Crippen LogP contribution in [-0.2, 0) is 23.8 Å². The molecule has 9 heteroatoms. The first-order valence-corrected chi connectivity index (χ1v) is 9.77. The van der Waals surface area contributed by atoms with E-state index in [1.165, 1.54) is 19.2 Å². The highest BCUT2D eigenvalue weighted by atomic mass is 32.2. The average molecular weight is 427 g/mol. The van der Waals surface area contributed by atoms with Crippen molar-refractivity contribution in [1.29, 1.82) is 0 Å². The molecule has 0 saturated carbocycles. The van der Waals surface area contributed by atoms with Crippen molar-refractivity contribution >= 4 is 23.6 Å². The lowest BCUT2D eigenvalue weighted by atomic mass is 9.92. The zero-order valence-electron chi connectivity index (χ0n) is 15.7. The normalized spacial score (nSPS) is 12.4. The van der Waals surface area contributed by atoms with Gasteiger partial charge in [0.05, 0.1) is 12.7 Å². The van der Waals surface area contributed by atoms with Gasteiger partial charge >= 0.3 is 12.1 Å². The smallest absolute Gasteiger partial charge is 0.416 e. The average Bonchev–Trinajstić information content (AvgIpc) is 2.65. The molecule has 2 aromatic rings. The molecule has 0 heterocycles. The summed E-state index contributed by atoms with van der Waals surface area (Å²) in [5, 5.41) is 8.53. The molecule has 0 spiro atoms. The molecule has 5 nitrogen and oxygen atoms in total. The molecular weight excluding hydrogens is 407 g/mol. The topological polar surface area (TPSA) is 89.6 Å². The number of carboxylic acids is 1. The summed E-state index contributed by atoms with van der Waals surface area (Å²) in [6.45, 7) is 0. The number of rotatable bonds is 8. The third kappa shape index (κ3) is 5.44. The quantitative estimate of drug-likeness (QED) is 0.670. The summed E-state index contributed by atoms with van der Waals surface area (Å²) in [6.07, 6.45) is -2.63. The van der Waals surface area contributed by atoms with Gasteiger partial charge in [0, 0.05) is 17.5 Å². The number of hydrogen-bond donors (Lipinski definition) is 2. The first-order valence-electron chi connectivity index (χ1n) is 8.48. The number of amides is 1. The number of nitrogens with two attached hydrogens (primary N) is 1. The summed E-state index contributed by atoms with van der Waals surface area (Å²) in [4.78, 5) is 23.6. The van der Waals surface area contributed by atoms with Crippen molar-refractivity contribution in [3.8, 4) is 5.75 Å². The molecule has 1 atom stereocenters. The Kier molecular flexibility index (Phi) is 7.18. The molecule has 0 aromatic heterocycles. The maximum absolute atomic E-state index is 12.8. The summed E-state index contributed by atoms with van der Waals surface area (Å²) >= 11 is 1.13. The van der Waals surface area contributed by atoms with Crippen LogP contribution < -0.4 is 10.5 Å². The predicted molar refractivity (Wildman–Crippen MR) is 104 cm³/mol. The van der Waals surface area contributed by atoms with Gasteiger partial charge in [-0.3, -0.25) is 9.59 Å². The van der Waals surface area contributed by atoms with Crippen LogP contribution in [0.3, 0.4) is 0 Å². The molecule has 1 unspecified atom stereocenters. The molecule has 0 radical (unpaired) electrons. The van der Waals surface area contributed by atoms with Gasteiger partial charge in [0.15, 0.2) is 0 Å². The number of primary amides is 1. The number of hydrogen-bond acceptors (Lipinski definition) is 4. The van der Waals surface area contributed by atoms with Crippen LogP contribution in [0.15, 0.2) is 36.4 Å². The molecule has 0 bridgehead atoms. The number of carbonyl (C=O) groups excluding carboxylic acids is 1. The number of ether oxygens (including phenoxy) is 1. The van der Waals surface area contributed by atoms with E-state index in [1.54, 1.807) is 18.4 Å². The summed E-state index contributed by atoms with van der Waals surface area (Å²) in [5.74, 6) is -1.43. The minimum Gasteiger partial charge on any atom is -0.496 e. The Hall–Kier alpha value is -2.68. The van der Waals surface area contributed by atoms with E-state index in [0.717, 1.165) is 23.9 Å². The summed E-state index contributed by atoms with van der Waals surface area (Å²) in [5.41, 5.74) is 6.30. The lowest BCUT2D eigenvalue weighted by Gasteiger charge is -2.18. The molecule has 29 heavy (non-hydrogen) atoms. The van der Waals surface area contributed by atoms with Gasteiger partial charge in [-0.15, -0.1) is 11.8 Å². The molecule has 2 aromatic carbocycles. The van der Waals surface area contributed by atoms with E-state index in [4.69, 9.17) is 10.5 Å². The molecule has 0 aliphatic rings. The third-order valence-corrected chi connectivity index (χ3v) is 5.39. The summed E-state index contributed by atoms with van der Waals surface area (Å²) in [7, 11) is 1.40. The van der Waals surface area contributed by atoms with Gasteiger partial charge in [0.1, 0.15) is 11.0 Å². The second kappa shape index (κ2) is 9.21. The number of benzene rings is 2. The van der Waals surface area contributed by atoms with E-state index in [-0.39, 0.29) is 18.4 Å². The first-order chi connectivity index (χ1) is 13.6. The predicted octanol–water partition coefficient (Wildman–Crippen LogP) is 3.76. The Bertz CT molecular complexity index is 898. The largest absolute Gasteiger partial charge is 0.496 e. The van der Waals surface area contributed by atoms with Crippen LogP contribution in [0.1, 0.15) is 32.6 Å². The van der Waals surface area contributed by atoms with Crippen molar-refractivity contribution in [2.75, 3.05) is 13.4 Å². The molecule has 0 saturated heterocycles. The monoisotopic (exact) mass is 427 g/mol. The van der Waals surface area contributed by atoms with Gasteiger partial charge in [-0.2, -0.15) is 13.2 Å². The fourth-order valence-corrected chi connectivity index (χ4v) is 3.56. The molecule has 0 fully saturated rings. The Morgan fingerprint density at radius 3 is 2.24 bits per heavy atom.